The highest BCUT2D eigenvalue weighted by Crippen LogP contribution is 2.28. The van der Waals surface area contributed by atoms with Gasteiger partial charge in [-0.2, -0.15) is 13.2 Å². The van der Waals surface area contributed by atoms with Gasteiger partial charge in [-0.25, -0.2) is 9.97 Å². The average Bonchev–Trinajstić information content (AvgIpc) is 2.36. The Bertz CT molecular complexity index is 455. The van der Waals surface area contributed by atoms with E-state index in [1.165, 1.54) is 6.07 Å². The third kappa shape index (κ3) is 3.96. The van der Waals surface area contributed by atoms with Crippen molar-refractivity contribution in [2.45, 2.75) is 19.0 Å². The number of anilines is 2. The number of piperidine rings is 1. The number of hydrogen-bond donors (Lipinski definition) is 2. The van der Waals surface area contributed by atoms with Crippen LogP contribution in [0.4, 0.5) is 24.8 Å². The number of rotatable bonds is 3. The quantitative estimate of drug-likeness (QED) is 0.888. The van der Waals surface area contributed by atoms with Crippen LogP contribution in [0, 0.1) is 5.92 Å². The minimum Gasteiger partial charge on any atom is -0.384 e. The predicted molar refractivity (Wildman–Crippen MR) is 70.2 cm³/mol. The molecule has 0 saturated carbocycles. The Balaban J connectivity index is 1.97. The maximum Gasteiger partial charge on any atom is 0.451 e. The molecule has 0 amide bonds. The van der Waals surface area contributed by atoms with Crippen LogP contribution in [0.5, 0.6) is 0 Å². The third-order valence-corrected chi connectivity index (χ3v) is 3.41. The number of nitrogen functional groups attached to an aromatic ring is 1. The number of alkyl halides is 3. The zero-order chi connectivity index (χ0) is 14.8. The SMILES string of the molecule is CN1CCC(CNc2cc(N)nc(C(F)(F)F)n2)CC1. The molecule has 5 nitrogen and oxygen atoms in total. The van der Waals surface area contributed by atoms with E-state index in [2.05, 4.69) is 27.2 Å². The van der Waals surface area contributed by atoms with Crippen molar-refractivity contribution >= 4 is 11.6 Å². The third-order valence-electron chi connectivity index (χ3n) is 3.41. The Labute approximate surface area is 115 Å². The summed E-state index contributed by atoms with van der Waals surface area (Å²) in [6.45, 7) is 2.61. The van der Waals surface area contributed by atoms with Crippen molar-refractivity contribution in [3.63, 3.8) is 0 Å². The number of hydrogen-bond acceptors (Lipinski definition) is 5. The van der Waals surface area contributed by atoms with Gasteiger partial charge in [0, 0.05) is 12.6 Å². The molecular formula is C12H18F3N5. The fourth-order valence-electron chi connectivity index (χ4n) is 2.20. The monoisotopic (exact) mass is 289 g/mol. The molecule has 1 aromatic rings. The van der Waals surface area contributed by atoms with Gasteiger partial charge in [0.25, 0.3) is 0 Å². The summed E-state index contributed by atoms with van der Waals surface area (Å²) >= 11 is 0. The Morgan fingerprint density at radius 3 is 2.60 bits per heavy atom. The van der Waals surface area contributed by atoms with Gasteiger partial charge in [0.1, 0.15) is 11.6 Å². The number of likely N-dealkylation sites (tertiary alicyclic amines) is 1. The van der Waals surface area contributed by atoms with E-state index in [0.29, 0.717) is 12.5 Å². The van der Waals surface area contributed by atoms with Crippen LogP contribution >= 0.6 is 0 Å². The van der Waals surface area contributed by atoms with Crippen LogP contribution in [-0.4, -0.2) is 41.5 Å². The standard InChI is InChI=1S/C12H18F3N5/c1-20-4-2-8(3-5-20)7-17-10-6-9(16)18-11(19-10)12(13,14)15/h6,8H,2-5,7H2,1H3,(H3,16,17,18,19). The van der Waals surface area contributed by atoms with Gasteiger partial charge >= 0.3 is 6.18 Å². The molecule has 1 aliphatic rings. The van der Waals surface area contributed by atoms with E-state index in [0.717, 1.165) is 25.9 Å². The van der Waals surface area contributed by atoms with Crippen molar-refractivity contribution in [3.8, 4) is 0 Å². The maximum atomic E-state index is 12.6. The normalized spacial score (nSPS) is 18.2. The fourth-order valence-corrected chi connectivity index (χ4v) is 2.20. The zero-order valence-electron chi connectivity index (χ0n) is 11.2. The molecule has 20 heavy (non-hydrogen) atoms. The van der Waals surface area contributed by atoms with Crippen LogP contribution in [0.3, 0.4) is 0 Å². The Hall–Kier alpha value is -1.57. The lowest BCUT2D eigenvalue weighted by molar-refractivity contribution is -0.144. The number of nitrogens with two attached hydrogens (primary N) is 1. The molecule has 0 atom stereocenters. The van der Waals surface area contributed by atoms with Gasteiger partial charge in [-0.3, -0.25) is 0 Å². The number of aromatic nitrogens is 2. The van der Waals surface area contributed by atoms with Gasteiger partial charge in [0.2, 0.25) is 5.82 Å². The highest BCUT2D eigenvalue weighted by Gasteiger charge is 2.35. The van der Waals surface area contributed by atoms with Gasteiger partial charge < -0.3 is 16.0 Å². The highest BCUT2D eigenvalue weighted by molar-refractivity contribution is 5.44. The van der Waals surface area contributed by atoms with Crippen LogP contribution in [-0.2, 0) is 6.18 Å². The van der Waals surface area contributed by atoms with Crippen LogP contribution in [0.25, 0.3) is 0 Å². The first-order valence-corrected chi connectivity index (χ1v) is 6.49. The number of halogens is 3. The summed E-state index contributed by atoms with van der Waals surface area (Å²) in [5, 5.41) is 2.93. The molecule has 1 fully saturated rings. The van der Waals surface area contributed by atoms with Crippen molar-refractivity contribution in [1.82, 2.24) is 14.9 Å². The lowest BCUT2D eigenvalue weighted by Gasteiger charge is -2.29. The average molecular weight is 289 g/mol. The van der Waals surface area contributed by atoms with Gasteiger partial charge in [-0.15, -0.1) is 0 Å². The van der Waals surface area contributed by atoms with Crippen LogP contribution in [0.15, 0.2) is 6.07 Å². The second-order valence-corrected chi connectivity index (χ2v) is 5.13. The van der Waals surface area contributed by atoms with Gasteiger partial charge in [-0.1, -0.05) is 0 Å². The van der Waals surface area contributed by atoms with E-state index in [4.69, 9.17) is 5.73 Å². The van der Waals surface area contributed by atoms with Crippen LogP contribution in [0.1, 0.15) is 18.7 Å². The molecule has 1 aliphatic heterocycles. The predicted octanol–water partition coefficient (Wildman–Crippen LogP) is 1.83. The van der Waals surface area contributed by atoms with Crippen LogP contribution in [0.2, 0.25) is 0 Å². The summed E-state index contributed by atoms with van der Waals surface area (Å²) < 4.78 is 37.7. The van der Waals surface area contributed by atoms with E-state index in [1.807, 2.05) is 0 Å². The van der Waals surface area contributed by atoms with E-state index < -0.39 is 12.0 Å². The fraction of sp³-hybridized carbons (Fsp3) is 0.667. The molecule has 2 rings (SSSR count). The topological polar surface area (TPSA) is 67.1 Å². The lowest BCUT2D eigenvalue weighted by Crippen LogP contribution is -2.33. The Morgan fingerprint density at radius 2 is 2.00 bits per heavy atom. The largest absolute Gasteiger partial charge is 0.451 e. The summed E-state index contributed by atoms with van der Waals surface area (Å²) in [6.07, 6.45) is -2.54. The molecule has 0 aliphatic carbocycles. The molecule has 0 aromatic carbocycles. The first-order valence-electron chi connectivity index (χ1n) is 6.49. The van der Waals surface area contributed by atoms with Gasteiger partial charge in [-0.05, 0) is 38.9 Å². The first kappa shape index (κ1) is 14.8. The molecule has 0 radical (unpaired) electrons. The summed E-state index contributed by atoms with van der Waals surface area (Å²) in [6, 6.07) is 1.32. The van der Waals surface area contributed by atoms with E-state index >= 15 is 0 Å². The lowest BCUT2D eigenvalue weighted by atomic mass is 9.97. The molecule has 112 valence electrons. The minimum absolute atomic E-state index is 0.128. The van der Waals surface area contributed by atoms with Gasteiger partial charge in [0.15, 0.2) is 0 Å². The molecule has 2 heterocycles. The minimum atomic E-state index is -4.58. The molecule has 1 saturated heterocycles. The van der Waals surface area contributed by atoms with Crippen LogP contribution < -0.4 is 11.1 Å². The molecule has 0 bridgehead atoms. The zero-order valence-corrected chi connectivity index (χ0v) is 11.2. The number of nitrogens with zero attached hydrogens (tertiary/aromatic N) is 3. The van der Waals surface area contributed by atoms with Crippen molar-refractivity contribution in [3.05, 3.63) is 11.9 Å². The second kappa shape index (κ2) is 5.82. The smallest absolute Gasteiger partial charge is 0.384 e. The van der Waals surface area contributed by atoms with Crippen molar-refractivity contribution in [2.75, 3.05) is 37.7 Å². The summed E-state index contributed by atoms with van der Waals surface area (Å²) in [4.78, 5) is 8.91. The number of nitrogens with one attached hydrogen (secondary N) is 1. The van der Waals surface area contributed by atoms with E-state index in [9.17, 15) is 13.2 Å². The molecule has 0 spiro atoms. The highest BCUT2D eigenvalue weighted by atomic mass is 19.4. The summed E-state index contributed by atoms with van der Waals surface area (Å²) in [5.74, 6) is -0.818. The van der Waals surface area contributed by atoms with Gasteiger partial charge in [0.05, 0.1) is 0 Å². The second-order valence-electron chi connectivity index (χ2n) is 5.13. The molecule has 1 aromatic heterocycles. The van der Waals surface area contributed by atoms with E-state index in [-0.39, 0.29) is 11.6 Å². The Kier molecular flexibility index (Phi) is 4.32. The van der Waals surface area contributed by atoms with Crippen molar-refractivity contribution in [2.24, 2.45) is 5.92 Å². The van der Waals surface area contributed by atoms with Crippen molar-refractivity contribution in [1.29, 1.82) is 0 Å². The first-order chi connectivity index (χ1) is 9.34. The molecule has 0 unspecified atom stereocenters. The molecular weight excluding hydrogens is 271 g/mol. The maximum absolute atomic E-state index is 12.6. The van der Waals surface area contributed by atoms with E-state index in [1.54, 1.807) is 0 Å². The molecule has 3 N–H and O–H groups in total. The Morgan fingerprint density at radius 1 is 1.35 bits per heavy atom. The summed E-state index contributed by atoms with van der Waals surface area (Å²) in [7, 11) is 2.06. The molecule has 8 heteroatoms. The summed E-state index contributed by atoms with van der Waals surface area (Å²) in [5.41, 5.74) is 5.39. The van der Waals surface area contributed by atoms with Crippen molar-refractivity contribution < 1.29 is 13.2 Å².